The van der Waals surface area contributed by atoms with Crippen molar-refractivity contribution in [1.82, 2.24) is 0 Å². The fourth-order valence-electron chi connectivity index (χ4n) is 5.44. The number of carbonyl (C=O) groups is 3. The molecule has 0 amide bonds. The molecule has 11 nitrogen and oxygen atoms in total. The van der Waals surface area contributed by atoms with Gasteiger partial charge in [-0.3, -0.25) is 14.4 Å². The van der Waals surface area contributed by atoms with E-state index in [4.69, 9.17) is 25.1 Å². The van der Waals surface area contributed by atoms with Gasteiger partial charge >= 0.3 is 0 Å². The molecular formula is C31H43NO10. The minimum Gasteiger partial charge on any atom is -0.507 e. The third-order valence-corrected chi connectivity index (χ3v) is 7.32. The van der Waals surface area contributed by atoms with Crippen LogP contribution in [0.15, 0.2) is 18.2 Å². The molecule has 1 saturated heterocycles. The highest BCUT2D eigenvalue weighted by Crippen LogP contribution is 2.50. The molecule has 0 bridgehead atoms. The quantitative estimate of drug-likeness (QED) is 0.282. The first-order chi connectivity index (χ1) is 20.1. The van der Waals surface area contributed by atoms with E-state index in [0.29, 0.717) is 12.1 Å². The Labute approximate surface area is 246 Å². The Hall–Kier alpha value is -3.35. The first kappa shape index (κ1) is 34.8. The highest BCUT2D eigenvalue weighted by atomic mass is 16.5. The summed E-state index contributed by atoms with van der Waals surface area (Å²) in [6, 6.07) is 4.90. The standard InChI is InChI=1S/C22H20O8.C6H13NO.C2H6.CH4O/c1-29-8-13(24)9-6-11-15(12(23)7-9)21(27)18-17(20(11)26)19(25)10-4-3-5-14(30-2)16(10)22(18)28;1-5-4-6(7)2-3-8-5;2*1-2/h3-5,9,12,23,26-27H,6-8H2,1-2H3;5-6H,2-4,7H2,1H3;1-2H3;2H,1H3/t9?,12-;;;/m0.../s1. The molecule has 5 rings (SSSR count). The van der Waals surface area contributed by atoms with E-state index in [2.05, 4.69) is 6.92 Å². The number of Topliss-reactive ketones (excluding diaryl/α,β-unsaturated/α-hetero) is 1. The number of hydrogen-bond acceptors (Lipinski definition) is 11. The van der Waals surface area contributed by atoms with Gasteiger partial charge in [-0.1, -0.05) is 26.0 Å². The lowest BCUT2D eigenvalue weighted by atomic mass is 9.74. The maximum absolute atomic E-state index is 13.2. The normalized spacial score (nSPS) is 21.9. The lowest BCUT2D eigenvalue weighted by Crippen LogP contribution is -2.32. The number of aromatic hydroxyl groups is 2. The molecule has 3 unspecified atom stereocenters. The summed E-state index contributed by atoms with van der Waals surface area (Å²) in [6.45, 7) is 6.76. The highest BCUT2D eigenvalue weighted by molar-refractivity contribution is 6.31. The van der Waals surface area contributed by atoms with Crippen molar-refractivity contribution in [3.05, 3.63) is 51.6 Å². The summed E-state index contributed by atoms with van der Waals surface area (Å²) in [5.74, 6) is -3.14. The van der Waals surface area contributed by atoms with E-state index >= 15 is 0 Å². The molecule has 2 aromatic rings. The number of phenolic OH excluding ortho intramolecular Hbond substituents is 2. The average molecular weight is 590 g/mol. The Bertz CT molecular complexity index is 1270. The van der Waals surface area contributed by atoms with Gasteiger partial charge in [0.25, 0.3) is 0 Å². The minimum absolute atomic E-state index is 0.00300. The van der Waals surface area contributed by atoms with Gasteiger partial charge in [-0.2, -0.15) is 0 Å². The molecular weight excluding hydrogens is 546 g/mol. The number of ether oxygens (including phenoxy) is 3. The zero-order valence-electron chi connectivity index (χ0n) is 25.1. The summed E-state index contributed by atoms with van der Waals surface area (Å²) < 4.78 is 15.3. The van der Waals surface area contributed by atoms with Crippen LogP contribution in [0.5, 0.6) is 17.2 Å². The Kier molecular flexibility index (Phi) is 13.1. The molecule has 6 N–H and O–H groups in total. The molecule has 0 radical (unpaired) electrons. The molecule has 1 aliphatic heterocycles. The van der Waals surface area contributed by atoms with E-state index in [9.17, 15) is 29.7 Å². The van der Waals surface area contributed by atoms with Crippen molar-refractivity contribution in [3.8, 4) is 17.2 Å². The molecule has 4 atom stereocenters. The number of carbonyl (C=O) groups excluding carboxylic acids is 3. The summed E-state index contributed by atoms with van der Waals surface area (Å²) in [4.78, 5) is 38.6. The van der Waals surface area contributed by atoms with Crippen molar-refractivity contribution in [2.24, 2.45) is 11.7 Å². The van der Waals surface area contributed by atoms with Crippen molar-refractivity contribution in [2.45, 2.75) is 64.7 Å². The second-order valence-corrected chi connectivity index (χ2v) is 9.90. The van der Waals surface area contributed by atoms with Gasteiger partial charge in [0.1, 0.15) is 23.9 Å². The number of aliphatic hydroxyl groups is 2. The smallest absolute Gasteiger partial charge is 0.202 e. The number of methoxy groups -OCH3 is 2. The Morgan fingerprint density at radius 1 is 1.02 bits per heavy atom. The van der Waals surface area contributed by atoms with Gasteiger partial charge in [0.05, 0.1) is 36.0 Å². The maximum Gasteiger partial charge on any atom is 0.202 e. The van der Waals surface area contributed by atoms with Crippen LogP contribution in [0.3, 0.4) is 0 Å². The summed E-state index contributed by atoms with van der Waals surface area (Å²) in [5.41, 5.74) is 5.04. The molecule has 1 heterocycles. The van der Waals surface area contributed by atoms with Gasteiger partial charge in [-0.25, -0.2) is 0 Å². The average Bonchev–Trinajstić information content (AvgIpc) is 2.99. The van der Waals surface area contributed by atoms with Crippen molar-refractivity contribution in [1.29, 1.82) is 0 Å². The molecule has 0 saturated carbocycles. The van der Waals surface area contributed by atoms with E-state index < -0.39 is 35.1 Å². The number of phenols is 2. The van der Waals surface area contributed by atoms with Crippen LogP contribution in [0, 0.1) is 5.92 Å². The van der Waals surface area contributed by atoms with Crippen LogP contribution < -0.4 is 10.5 Å². The number of nitrogens with two attached hydrogens (primary N) is 1. The third kappa shape index (κ3) is 6.99. The van der Waals surface area contributed by atoms with E-state index in [-0.39, 0.29) is 64.4 Å². The SMILES string of the molecule is CC.CC1CC(N)CCO1.CO.COCC(=O)C1Cc2c(O)c3c(c(O)c2[C@@H](O)C1)C(=O)c1c(OC)cccc1C3=O. The van der Waals surface area contributed by atoms with Gasteiger partial charge < -0.3 is 40.4 Å². The Morgan fingerprint density at radius 2 is 1.67 bits per heavy atom. The number of fused-ring (bicyclic) bond motifs is 3. The largest absolute Gasteiger partial charge is 0.507 e. The topological polar surface area (TPSA) is 186 Å². The first-order valence-corrected chi connectivity index (χ1v) is 14.0. The zero-order valence-corrected chi connectivity index (χ0v) is 25.1. The number of benzene rings is 2. The first-order valence-electron chi connectivity index (χ1n) is 14.0. The fraction of sp³-hybridized carbons (Fsp3) is 0.516. The Balaban J connectivity index is 0.000000435. The second-order valence-electron chi connectivity index (χ2n) is 9.90. The fourth-order valence-corrected chi connectivity index (χ4v) is 5.44. The lowest BCUT2D eigenvalue weighted by Gasteiger charge is -2.32. The lowest BCUT2D eigenvalue weighted by molar-refractivity contribution is -0.128. The molecule has 1 fully saturated rings. The Morgan fingerprint density at radius 3 is 2.21 bits per heavy atom. The predicted octanol–water partition coefficient (Wildman–Crippen LogP) is 2.84. The van der Waals surface area contributed by atoms with Crippen LogP contribution in [0.1, 0.15) is 89.1 Å². The predicted molar refractivity (Wildman–Crippen MR) is 155 cm³/mol. The number of hydrogen-bond donors (Lipinski definition) is 5. The molecule has 42 heavy (non-hydrogen) atoms. The van der Waals surface area contributed by atoms with Crippen molar-refractivity contribution in [2.75, 3.05) is 34.5 Å². The molecule has 232 valence electrons. The van der Waals surface area contributed by atoms with E-state index in [1.807, 2.05) is 13.8 Å². The number of ketones is 3. The van der Waals surface area contributed by atoms with Crippen molar-refractivity contribution in [3.63, 3.8) is 0 Å². The van der Waals surface area contributed by atoms with Crippen LogP contribution in [0.2, 0.25) is 0 Å². The van der Waals surface area contributed by atoms with Crippen LogP contribution in [0.25, 0.3) is 0 Å². The molecule has 11 heteroatoms. The number of aliphatic hydroxyl groups excluding tert-OH is 2. The summed E-state index contributed by atoms with van der Waals surface area (Å²) in [7, 11) is 3.73. The van der Waals surface area contributed by atoms with Gasteiger partial charge in [-0.05, 0) is 38.7 Å². The van der Waals surface area contributed by atoms with E-state index in [1.165, 1.54) is 26.4 Å². The molecule has 2 aromatic carbocycles. The van der Waals surface area contributed by atoms with E-state index in [0.717, 1.165) is 26.6 Å². The molecule has 3 aliphatic rings. The summed E-state index contributed by atoms with van der Waals surface area (Å²) in [5, 5.41) is 39.4. The highest BCUT2D eigenvalue weighted by Gasteiger charge is 2.43. The van der Waals surface area contributed by atoms with Gasteiger partial charge in [0, 0.05) is 49.5 Å². The summed E-state index contributed by atoms with van der Waals surface area (Å²) in [6.07, 6.45) is 1.16. The maximum atomic E-state index is 13.2. The number of rotatable bonds is 4. The monoisotopic (exact) mass is 589 g/mol. The van der Waals surface area contributed by atoms with Crippen molar-refractivity contribution >= 4 is 17.3 Å². The van der Waals surface area contributed by atoms with Crippen LogP contribution >= 0.6 is 0 Å². The van der Waals surface area contributed by atoms with E-state index in [1.54, 1.807) is 6.07 Å². The molecule has 0 aromatic heterocycles. The van der Waals surface area contributed by atoms with Gasteiger partial charge in [0.15, 0.2) is 11.6 Å². The molecule has 0 spiro atoms. The van der Waals surface area contributed by atoms with Crippen molar-refractivity contribution < 1.29 is 49.0 Å². The van der Waals surface area contributed by atoms with Gasteiger partial charge in [0.2, 0.25) is 5.78 Å². The van der Waals surface area contributed by atoms with Crippen LogP contribution in [-0.4, -0.2) is 84.5 Å². The van der Waals surface area contributed by atoms with Crippen LogP contribution in [0.4, 0.5) is 0 Å². The zero-order chi connectivity index (χ0) is 31.7. The van der Waals surface area contributed by atoms with Gasteiger partial charge in [-0.15, -0.1) is 0 Å². The third-order valence-electron chi connectivity index (χ3n) is 7.32. The minimum atomic E-state index is -1.29. The van der Waals surface area contributed by atoms with Crippen LogP contribution in [-0.2, 0) is 20.7 Å². The summed E-state index contributed by atoms with van der Waals surface area (Å²) >= 11 is 0. The second kappa shape index (κ2) is 15.8. The molecule has 2 aliphatic carbocycles.